The van der Waals surface area contributed by atoms with E-state index in [0.29, 0.717) is 12.8 Å². The fourth-order valence-electron chi connectivity index (χ4n) is 5.30. The van der Waals surface area contributed by atoms with Crippen molar-refractivity contribution in [1.82, 2.24) is 0 Å². The number of carboxylic acids is 3. The molecule has 0 atom stereocenters. The molecule has 6 nitrogen and oxygen atoms in total. The zero-order chi connectivity index (χ0) is 33.4. The molecular weight excluding hydrogens is 552 g/mol. The van der Waals surface area contributed by atoms with Gasteiger partial charge >= 0.3 is 11.9 Å². The molecule has 0 bridgehead atoms. The Morgan fingerprint density at radius 1 is 0.318 bits per heavy atom. The first kappa shape index (κ1) is 46.8. The second kappa shape index (κ2) is 43.5. The summed E-state index contributed by atoms with van der Waals surface area (Å²) in [4.78, 5) is 29.7. The van der Waals surface area contributed by atoms with E-state index >= 15 is 0 Å². The largest absolute Gasteiger partial charge is 0.481 e. The molecule has 0 rings (SSSR count). The van der Waals surface area contributed by atoms with E-state index in [9.17, 15) is 9.59 Å². The molecule has 0 aromatic heterocycles. The van der Waals surface area contributed by atoms with Gasteiger partial charge in [-0.15, -0.1) is 0 Å². The molecule has 0 aromatic rings. The highest BCUT2D eigenvalue weighted by Crippen LogP contribution is 2.15. The van der Waals surface area contributed by atoms with Gasteiger partial charge in [0, 0.05) is 19.8 Å². The Kier molecular flexibility index (Phi) is 46.3. The second-order valence-corrected chi connectivity index (χ2v) is 12.7. The van der Waals surface area contributed by atoms with E-state index in [1.54, 1.807) is 0 Å². The molecule has 0 unspecified atom stereocenters. The van der Waals surface area contributed by atoms with Gasteiger partial charge in [0.25, 0.3) is 5.97 Å². The summed E-state index contributed by atoms with van der Waals surface area (Å²) in [6.45, 7) is 5.62. The number of carbonyl (C=O) groups is 3. The van der Waals surface area contributed by atoms with Crippen LogP contribution in [-0.2, 0) is 14.4 Å². The lowest BCUT2D eigenvalue weighted by Crippen LogP contribution is -1.93. The number of carboxylic acid groups (broad SMARTS) is 3. The van der Waals surface area contributed by atoms with Crippen LogP contribution in [0, 0.1) is 0 Å². The van der Waals surface area contributed by atoms with Crippen LogP contribution < -0.4 is 0 Å². The van der Waals surface area contributed by atoms with Gasteiger partial charge in [-0.1, -0.05) is 194 Å². The highest BCUT2D eigenvalue weighted by molar-refractivity contribution is 5.66. The normalized spacial score (nSPS) is 10.4. The van der Waals surface area contributed by atoms with Gasteiger partial charge in [-0.3, -0.25) is 14.4 Å². The maximum atomic E-state index is 10.3. The molecule has 3 N–H and O–H groups in total. The predicted molar refractivity (Wildman–Crippen MR) is 188 cm³/mol. The van der Waals surface area contributed by atoms with Crippen molar-refractivity contribution in [3.63, 3.8) is 0 Å². The van der Waals surface area contributed by atoms with E-state index in [1.807, 2.05) is 0 Å². The van der Waals surface area contributed by atoms with Gasteiger partial charge in [0.15, 0.2) is 0 Å². The second-order valence-electron chi connectivity index (χ2n) is 12.7. The Balaban J connectivity index is -0.000000680. The van der Waals surface area contributed by atoms with E-state index in [4.69, 9.17) is 20.1 Å². The first-order valence-electron chi connectivity index (χ1n) is 18.9. The van der Waals surface area contributed by atoms with Gasteiger partial charge in [0.1, 0.15) is 0 Å². The smallest absolute Gasteiger partial charge is 0.303 e. The first-order chi connectivity index (χ1) is 21.3. The molecule has 0 aliphatic heterocycles. The quantitative estimate of drug-likeness (QED) is 0.0639. The Morgan fingerprint density at radius 3 is 0.591 bits per heavy atom. The van der Waals surface area contributed by atoms with Crippen molar-refractivity contribution in [1.29, 1.82) is 0 Å². The highest BCUT2D eigenvalue weighted by atomic mass is 16.4. The van der Waals surface area contributed by atoms with Crippen LogP contribution in [-0.4, -0.2) is 33.2 Å². The fourth-order valence-corrected chi connectivity index (χ4v) is 5.30. The maximum Gasteiger partial charge on any atom is 0.303 e. The predicted octanol–water partition coefficient (Wildman–Crippen LogP) is 12.8. The molecule has 0 radical (unpaired) electrons. The third kappa shape index (κ3) is 59.8. The summed E-state index contributed by atoms with van der Waals surface area (Å²) in [6, 6.07) is 0. The number of unbranched alkanes of at least 4 members (excludes halogenated alkanes) is 28. The van der Waals surface area contributed by atoms with Crippen LogP contribution in [0.3, 0.4) is 0 Å². The minimum Gasteiger partial charge on any atom is -0.481 e. The average molecular weight is 629 g/mol. The number of rotatable bonds is 32. The molecule has 6 heteroatoms. The lowest BCUT2D eigenvalue weighted by Gasteiger charge is -2.03. The Labute approximate surface area is 273 Å². The summed E-state index contributed by atoms with van der Waals surface area (Å²) in [5.74, 6) is -2.14. The van der Waals surface area contributed by atoms with Crippen LogP contribution in [0.5, 0.6) is 0 Å². The lowest BCUT2D eigenvalue weighted by atomic mass is 10.0. The van der Waals surface area contributed by atoms with Crippen molar-refractivity contribution in [3.05, 3.63) is 0 Å². The van der Waals surface area contributed by atoms with Crippen molar-refractivity contribution >= 4 is 17.9 Å². The van der Waals surface area contributed by atoms with Crippen molar-refractivity contribution in [2.45, 2.75) is 226 Å². The van der Waals surface area contributed by atoms with E-state index in [1.165, 1.54) is 167 Å². The van der Waals surface area contributed by atoms with Crippen LogP contribution in [0.15, 0.2) is 0 Å². The van der Waals surface area contributed by atoms with Crippen LogP contribution in [0.25, 0.3) is 0 Å². The zero-order valence-corrected chi connectivity index (χ0v) is 29.7. The van der Waals surface area contributed by atoms with Gasteiger partial charge in [0.05, 0.1) is 0 Å². The Morgan fingerprint density at radius 2 is 0.455 bits per heavy atom. The minimum atomic E-state index is -0.833. The molecule has 0 amide bonds. The summed E-state index contributed by atoms with van der Waals surface area (Å²) in [5.41, 5.74) is 0. The summed E-state index contributed by atoms with van der Waals surface area (Å²) >= 11 is 0. The first-order valence-corrected chi connectivity index (χ1v) is 18.9. The van der Waals surface area contributed by atoms with E-state index in [0.717, 1.165) is 32.6 Å². The van der Waals surface area contributed by atoms with Crippen molar-refractivity contribution in [3.8, 4) is 0 Å². The molecule has 0 heterocycles. The molecule has 0 fully saturated rings. The summed E-state index contributed by atoms with van der Waals surface area (Å²) < 4.78 is 0. The Hall–Kier alpha value is -1.59. The van der Waals surface area contributed by atoms with Crippen LogP contribution in [0.1, 0.15) is 226 Å². The molecule has 0 saturated heterocycles. The van der Waals surface area contributed by atoms with Gasteiger partial charge in [-0.25, -0.2) is 0 Å². The summed E-state index contributed by atoms with van der Waals surface area (Å²) in [7, 11) is 0. The molecule has 0 saturated carbocycles. The molecule has 44 heavy (non-hydrogen) atoms. The lowest BCUT2D eigenvalue weighted by molar-refractivity contribution is -0.138. The van der Waals surface area contributed by atoms with E-state index in [2.05, 4.69) is 13.8 Å². The van der Waals surface area contributed by atoms with Crippen molar-refractivity contribution in [2.75, 3.05) is 0 Å². The monoisotopic (exact) mass is 629 g/mol. The van der Waals surface area contributed by atoms with Crippen molar-refractivity contribution < 1.29 is 29.7 Å². The standard InChI is InChI=1S/2C18H36O2.C2H4O2/c2*1-2-3-4-5-6-7-8-9-10-11-12-13-14-15-16-17-18(19)20;1-2(3)4/h2*2-17H2,1H3,(H,19,20);1H3,(H,3,4). The molecule has 0 aromatic carbocycles. The minimum absolute atomic E-state index is 0.345. The van der Waals surface area contributed by atoms with Crippen LogP contribution in [0.2, 0.25) is 0 Å². The van der Waals surface area contributed by atoms with Gasteiger partial charge < -0.3 is 15.3 Å². The Bertz CT molecular complexity index is 530. The van der Waals surface area contributed by atoms with Gasteiger partial charge in [0.2, 0.25) is 0 Å². The number of aliphatic carboxylic acids is 3. The average Bonchev–Trinajstić information content (AvgIpc) is 2.97. The fraction of sp³-hybridized carbons (Fsp3) is 0.921. The molecule has 0 aliphatic rings. The molecule has 264 valence electrons. The number of hydrogen-bond acceptors (Lipinski definition) is 3. The van der Waals surface area contributed by atoms with Gasteiger partial charge in [-0.05, 0) is 12.8 Å². The van der Waals surface area contributed by atoms with Crippen LogP contribution in [0.4, 0.5) is 0 Å². The highest BCUT2D eigenvalue weighted by Gasteiger charge is 1.98. The third-order valence-corrected chi connectivity index (χ3v) is 7.99. The number of hydrogen-bond donors (Lipinski definition) is 3. The SMILES string of the molecule is CC(=O)O.CCCCCCCCCCCCCCCCCC(=O)O.CCCCCCCCCCCCCCCCCC(=O)O. The summed E-state index contributed by atoms with van der Waals surface area (Å²) in [5, 5.41) is 24.5. The molecule has 0 aliphatic carbocycles. The van der Waals surface area contributed by atoms with E-state index < -0.39 is 17.9 Å². The zero-order valence-electron chi connectivity index (χ0n) is 29.7. The summed E-state index contributed by atoms with van der Waals surface area (Å²) in [6.07, 6.45) is 40.4. The molecule has 0 spiro atoms. The topological polar surface area (TPSA) is 112 Å². The molecular formula is C38H76O6. The van der Waals surface area contributed by atoms with Crippen LogP contribution >= 0.6 is 0 Å². The maximum absolute atomic E-state index is 10.3. The van der Waals surface area contributed by atoms with Gasteiger partial charge in [-0.2, -0.15) is 0 Å². The van der Waals surface area contributed by atoms with Crippen molar-refractivity contribution in [2.24, 2.45) is 0 Å². The third-order valence-electron chi connectivity index (χ3n) is 7.99. The van der Waals surface area contributed by atoms with E-state index in [-0.39, 0.29) is 0 Å².